The highest BCUT2D eigenvalue weighted by molar-refractivity contribution is 6.32. The van der Waals surface area contributed by atoms with Gasteiger partial charge in [0.25, 0.3) is 5.91 Å². The Kier molecular flexibility index (Phi) is 4.25. The van der Waals surface area contributed by atoms with Crippen LogP contribution in [-0.2, 0) is 6.54 Å². The van der Waals surface area contributed by atoms with Crippen LogP contribution in [0.3, 0.4) is 0 Å². The molecule has 0 unspecified atom stereocenters. The molecule has 2 aromatic carbocycles. The van der Waals surface area contributed by atoms with Crippen LogP contribution < -0.4 is 5.32 Å². The van der Waals surface area contributed by atoms with E-state index < -0.39 is 0 Å². The summed E-state index contributed by atoms with van der Waals surface area (Å²) in [6.45, 7) is 1.89. The summed E-state index contributed by atoms with van der Waals surface area (Å²) in [7, 11) is 0. The molecule has 0 spiro atoms. The quantitative estimate of drug-likeness (QED) is 0.911. The number of nitrogens with one attached hydrogen (secondary N) is 1. The number of amides is 1. The first-order valence-electron chi connectivity index (χ1n) is 5.99. The second kappa shape index (κ2) is 5.92. The van der Waals surface area contributed by atoms with E-state index in [4.69, 9.17) is 11.6 Å². The third-order valence-corrected chi connectivity index (χ3v) is 3.20. The number of benzene rings is 2. The molecule has 5 heteroatoms. The molecular weight excluding hydrogens is 281 g/mol. The van der Waals surface area contributed by atoms with Crippen molar-refractivity contribution in [2.75, 3.05) is 0 Å². The molecular formula is C15H13ClFNO2. The van der Waals surface area contributed by atoms with Crippen LogP contribution in [0.4, 0.5) is 4.39 Å². The summed E-state index contributed by atoms with van der Waals surface area (Å²) >= 11 is 5.73. The first kappa shape index (κ1) is 14.3. The van der Waals surface area contributed by atoms with Crippen molar-refractivity contribution in [2.45, 2.75) is 13.5 Å². The molecule has 0 radical (unpaired) electrons. The normalized spacial score (nSPS) is 10.3. The van der Waals surface area contributed by atoms with Gasteiger partial charge in [0, 0.05) is 12.1 Å². The molecule has 0 fully saturated rings. The fourth-order valence-electron chi connectivity index (χ4n) is 1.68. The van der Waals surface area contributed by atoms with Gasteiger partial charge in [0.2, 0.25) is 0 Å². The van der Waals surface area contributed by atoms with Gasteiger partial charge in [0.15, 0.2) is 0 Å². The molecule has 2 N–H and O–H groups in total. The van der Waals surface area contributed by atoms with Gasteiger partial charge in [-0.3, -0.25) is 4.79 Å². The van der Waals surface area contributed by atoms with E-state index in [9.17, 15) is 14.3 Å². The van der Waals surface area contributed by atoms with Gasteiger partial charge in [-0.05, 0) is 42.3 Å². The number of carbonyl (C=O) groups is 1. The lowest BCUT2D eigenvalue weighted by Crippen LogP contribution is -2.22. The Balaban J connectivity index is 2.04. The summed E-state index contributed by atoms with van der Waals surface area (Å²) < 4.78 is 13.4. The number of aryl methyl sites for hydroxylation is 1. The average Bonchev–Trinajstić information content (AvgIpc) is 2.43. The lowest BCUT2D eigenvalue weighted by molar-refractivity contribution is 0.0951. The van der Waals surface area contributed by atoms with E-state index in [1.807, 2.05) is 0 Å². The number of carbonyl (C=O) groups excluding carboxylic acids is 1. The van der Waals surface area contributed by atoms with Crippen molar-refractivity contribution in [3.63, 3.8) is 0 Å². The van der Waals surface area contributed by atoms with E-state index in [1.165, 1.54) is 24.3 Å². The molecule has 0 atom stereocenters. The van der Waals surface area contributed by atoms with Crippen LogP contribution >= 0.6 is 11.6 Å². The summed E-state index contributed by atoms with van der Waals surface area (Å²) in [5.41, 5.74) is 1.57. The Morgan fingerprint density at radius 2 is 2.05 bits per heavy atom. The second-order valence-electron chi connectivity index (χ2n) is 4.43. The Morgan fingerprint density at radius 3 is 2.70 bits per heavy atom. The molecule has 3 nitrogen and oxygen atoms in total. The maximum absolute atomic E-state index is 13.4. The van der Waals surface area contributed by atoms with Crippen molar-refractivity contribution in [1.29, 1.82) is 0 Å². The van der Waals surface area contributed by atoms with Crippen molar-refractivity contribution in [3.05, 3.63) is 63.9 Å². The molecule has 0 aliphatic carbocycles. The third-order valence-electron chi connectivity index (χ3n) is 2.90. The first-order chi connectivity index (χ1) is 9.47. The largest absolute Gasteiger partial charge is 0.506 e. The standard InChI is InChI=1S/C15H13ClFNO2/c1-9-2-3-10(6-13(9)17)8-18-15(20)11-4-5-14(19)12(16)7-11/h2-7,19H,8H2,1H3,(H,18,20). The van der Waals surface area contributed by atoms with E-state index in [2.05, 4.69) is 5.32 Å². The van der Waals surface area contributed by atoms with E-state index in [0.29, 0.717) is 16.7 Å². The Bertz CT molecular complexity index is 658. The SMILES string of the molecule is Cc1ccc(CNC(=O)c2ccc(O)c(Cl)c2)cc1F. The van der Waals surface area contributed by atoms with Crippen molar-refractivity contribution < 1.29 is 14.3 Å². The maximum atomic E-state index is 13.4. The van der Waals surface area contributed by atoms with Crippen LogP contribution in [0.15, 0.2) is 36.4 Å². The predicted molar refractivity (Wildman–Crippen MR) is 75.4 cm³/mol. The molecule has 0 aliphatic heterocycles. The molecule has 0 aromatic heterocycles. The monoisotopic (exact) mass is 293 g/mol. The zero-order chi connectivity index (χ0) is 14.7. The van der Waals surface area contributed by atoms with E-state index in [0.717, 1.165) is 0 Å². The van der Waals surface area contributed by atoms with Crippen molar-refractivity contribution >= 4 is 17.5 Å². The van der Waals surface area contributed by atoms with E-state index >= 15 is 0 Å². The highest BCUT2D eigenvalue weighted by Crippen LogP contribution is 2.23. The first-order valence-corrected chi connectivity index (χ1v) is 6.37. The van der Waals surface area contributed by atoms with Crippen molar-refractivity contribution in [2.24, 2.45) is 0 Å². The molecule has 2 aromatic rings. The average molecular weight is 294 g/mol. The van der Waals surface area contributed by atoms with Gasteiger partial charge in [-0.2, -0.15) is 0 Å². The van der Waals surface area contributed by atoms with Crippen LogP contribution in [-0.4, -0.2) is 11.0 Å². The minimum absolute atomic E-state index is 0.0798. The smallest absolute Gasteiger partial charge is 0.251 e. The third kappa shape index (κ3) is 3.27. The molecule has 20 heavy (non-hydrogen) atoms. The van der Waals surface area contributed by atoms with Crippen LogP contribution in [0, 0.1) is 12.7 Å². The van der Waals surface area contributed by atoms with E-state index in [1.54, 1.807) is 19.1 Å². The number of phenols is 1. The lowest BCUT2D eigenvalue weighted by atomic mass is 10.1. The number of rotatable bonds is 3. The lowest BCUT2D eigenvalue weighted by Gasteiger charge is -2.07. The molecule has 0 saturated heterocycles. The molecule has 104 valence electrons. The maximum Gasteiger partial charge on any atom is 0.251 e. The fraction of sp³-hybridized carbons (Fsp3) is 0.133. The second-order valence-corrected chi connectivity index (χ2v) is 4.84. The zero-order valence-corrected chi connectivity index (χ0v) is 11.5. The topological polar surface area (TPSA) is 49.3 Å². The van der Waals surface area contributed by atoms with Gasteiger partial charge >= 0.3 is 0 Å². The minimum atomic E-state index is -0.340. The number of hydrogen-bond donors (Lipinski definition) is 2. The predicted octanol–water partition coefficient (Wildman–Crippen LogP) is 3.42. The molecule has 2 rings (SSSR count). The minimum Gasteiger partial charge on any atom is -0.506 e. The van der Waals surface area contributed by atoms with Crippen LogP contribution in [0.5, 0.6) is 5.75 Å². The van der Waals surface area contributed by atoms with Crippen LogP contribution in [0.25, 0.3) is 0 Å². The molecule has 1 amide bonds. The Morgan fingerprint density at radius 1 is 1.30 bits per heavy atom. The summed E-state index contributed by atoms with van der Waals surface area (Å²) in [4.78, 5) is 11.9. The number of phenolic OH excluding ortho intramolecular Hbond substituents is 1. The zero-order valence-electron chi connectivity index (χ0n) is 10.8. The highest BCUT2D eigenvalue weighted by Gasteiger charge is 2.08. The summed E-state index contributed by atoms with van der Waals surface area (Å²) in [6, 6.07) is 8.99. The molecule has 0 heterocycles. The fourth-order valence-corrected chi connectivity index (χ4v) is 1.86. The highest BCUT2D eigenvalue weighted by atomic mass is 35.5. The molecule has 0 bridgehead atoms. The Hall–Kier alpha value is -2.07. The van der Waals surface area contributed by atoms with E-state index in [-0.39, 0.29) is 29.0 Å². The van der Waals surface area contributed by atoms with Gasteiger partial charge in [0.1, 0.15) is 11.6 Å². The van der Waals surface area contributed by atoms with Crippen molar-refractivity contribution in [3.8, 4) is 5.75 Å². The van der Waals surface area contributed by atoms with Gasteiger partial charge in [-0.25, -0.2) is 4.39 Å². The Labute approximate surface area is 121 Å². The van der Waals surface area contributed by atoms with Crippen LogP contribution in [0.2, 0.25) is 5.02 Å². The van der Waals surface area contributed by atoms with Crippen LogP contribution in [0.1, 0.15) is 21.5 Å². The summed E-state index contributed by atoms with van der Waals surface area (Å²) in [5.74, 6) is -0.721. The summed E-state index contributed by atoms with van der Waals surface area (Å²) in [5, 5.41) is 12.1. The molecule has 0 saturated carbocycles. The number of halogens is 2. The van der Waals surface area contributed by atoms with Gasteiger partial charge in [0.05, 0.1) is 5.02 Å². The molecule has 0 aliphatic rings. The van der Waals surface area contributed by atoms with Gasteiger partial charge in [-0.1, -0.05) is 23.7 Å². The van der Waals surface area contributed by atoms with Crippen molar-refractivity contribution in [1.82, 2.24) is 5.32 Å². The van der Waals surface area contributed by atoms with Gasteiger partial charge < -0.3 is 10.4 Å². The number of aromatic hydroxyl groups is 1. The summed E-state index contributed by atoms with van der Waals surface area (Å²) in [6.07, 6.45) is 0. The van der Waals surface area contributed by atoms with Gasteiger partial charge in [-0.15, -0.1) is 0 Å². The number of hydrogen-bond acceptors (Lipinski definition) is 2.